The quantitative estimate of drug-likeness (QED) is 0.737. The third-order valence-electron chi connectivity index (χ3n) is 4.00. The van der Waals surface area contributed by atoms with Gasteiger partial charge in [-0.25, -0.2) is 14.6 Å². The molecule has 8 nitrogen and oxygen atoms in total. The van der Waals surface area contributed by atoms with E-state index in [1.807, 2.05) is 25.1 Å². The molecule has 24 heavy (non-hydrogen) atoms. The average Bonchev–Trinajstić information content (AvgIpc) is 3.22. The molecule has 0 bridgehead atoms. The number of aliphatic hydroxyl groups excluding tert-OH is 1. The van der Waals surface area contributed by atoms with E-state index in [0.29, 0.717) is 18.0 Å². The van der Waals surface area contributed by atoms with Crippen LogP contribution in [0.25, 0.3) is 11.0 Å². The molecule has 1 aromatic carbocycles. The van der Waals surface area contributed by atoms with Crippen molar-refractivity contribution in [3.05, 3.63) is 36.3 Å². The Labute approximate surface area is 138 Å². The Bertz CT molecular complexity index is 879. The molecule has 124 valence electrons. The van der Waals surface area contributed by atoms with E-state index in [2.05, 4.69) is 20.4 Å². The minimum atomic E-state index is 0.0111. The van der Waals surface area contributed by atoms with Crippen molar-refractivity contribution in [3.8, 4) is 11.5 Å². The molecule has 1 aliphatic heterocycles. The predicted octanol–water partition coefficient (Wildman–Crippen LogP) is 1.72. The standard InChI is InChI=1S/C16H17N5O3/c1-10(11-2-3-13-14(6-11)24-9-23-13)20-15-12-7-19-21(4-5-22)16(12)18-8-17-15/h2-3,6-8,10,22H,4-5,9H2,1H3,(H,17,18,20). The van der Waals surface area contributed by atoms with Gasteiger partial charge in [0.2, 0.25) is 6.79 Å². The fourth-order valence-electron chi connectivity index (χ4n) is 2.74. The Morgan fingerprint density at radius 1 is 1.29 bits per heavy atom. The Morgan fingerprint density at radius 2 is 2.17 bits per heavy atom. The summed E-state index contributed by atoms with van der Waals surface area (Å²) >= 11 is 0. The van der Waals surface area contributed by atoms with Crippen molar-refractivity contribution < 1.29 is 14.6 Å². The summed E-state index contributed by atoms with van der Waals surface area (Å²) in [6.45, 7) is 2.72. The van der Waals surface area contributed by atoms with Crippen LogP contribution in [-0.4, -0.2) is 38.3 Å². The first-order chi connectivity index (χ1) is 11.8. The molecular formula is C16H17N5O3. The van der Waals surface area contributed by atoms with Crippen LogP contribution in [0.5, 0.6) is 11.5 Å². The number of aliphatic hydroxyl groups is 1. The Hall–Kier alpha value is -2.87. The van der Waals surface area contributed by atoms with Crippen LogP contribution in [0.15, 0.2) is 30.7 Å². The van der Waals surface area contributed by atoms with Crippen LogP contribution in [0.1, 0.15) is 18.5 Å². The molecular weight excluding hydrogens is 310 g/mol. The molecule has 4 rings (SSSR count). The molecule has 3 heterocycles. The van der Waals surface area contributed by atoms with Crippen LogP contribution in [0.3, 0.4) is 0 Å². The van der Waals surface area contributed by atoms with Crippen molar-refractivity contribution in [1.82, 2.24) is 19.7 Å². The summed E-state index contributed by atoms with van der Waals surface area (Å²) in [6.07, 6.45) is 3.20. The maximum Gasteiger partial charge on any atom is 0.231 e. The molecule has 1 aliphatic rings. The summed E-state index contributed by atoms with van der Waals surface area (Å²) in [5.41, 5.74) is 1.76. The largest absolute Gasteiger partial charge is 0.454 e. The molecule has 2 N–H and O–H groups in total. The van der Waals surface area contributed by atoms with Crippen molar-refractivity contribution in [3.63, 3.8) is 0 Å². The number of ether oxygens (including phenoxy) is 2. The first-order valence-electron chi connectivity index (χ1n) is 7.69. The summed E-state index contributed by atoms with van der Waals surface area (Å²) in [4.78, 5) is 8.57. The second-order valence-electron chi connectivity index (χ2n) is 5.53. The van der Waals surface area contributed by atoms with E-state index < -0.39 is 0 Å². The molecule has 1 unspecified atom stereocenters. The number of fused-ring (bicyclic) bond motifs is 2. The number of benzene rings is 1. The van der Waals surface area contributed by atoms with Gasteiger partial charge in [0.15, 0.2) is 17.1 Å². The van der Waals surface area contributed by atoms with E-state index in [0.717, 1.165) is 22.4 Å². The van der Waals surface area contributed by atoms with E-state index in [1.165, 1.54) is 6.33 Å². The highest BCUT2D eigenvalue weighted by Gasteiger charge is 2.17. The van der Waals surface area contributed by atoms with Crippen LogP contribution in [0, 0.1) is 0 Å². The maximum atomic E-state index is 9.10. The molecule has 0 saturated carbocycles. The first kappa shape index (κ1) is 14.7. The molecule has 0 amide bonds. The Morgan fingerprint density at radius 3 is 3.04 bits per heavy atom. The zero-order valence-corrected chi connectivity index (χ0v) is 13.1. The van der Waals surface area contributed by atoms with Crippen molar-refractivity contribution in [2.45, 2.75) is 19.5 Å². The Kier molecular flexibility index (Phi) is 3.66. The van der Waals surface area contributed by atoms with Gasteiger partial charge >= 0.3 is 0 Å². The Balaban J connectivity index is 1.62. The van der Waals surface area contributed by atoms with Crippen LogP contribution < -0.4 is 14.8 Å². The lowest BCUT2D eigenvalue weighted by molar-refractivity contribution is 0.174. The summed E-state index contributed by atoms with van der Waals surface area (Å²) < 4.78 is 12.4. The van der Waals surface area contributed by atoms with Crippen LogP contribution >= 0.6 is 0 Å². The number of hydrogen-bond acceptors (Lipinski definition) is 7. The number of anilines is 1. The van der Waals surface area contributed by atoms with Crippen molar-refractivity contribution >= 4 is 16.9 Å². The third-order valence-corrected chi connectivity index (χ3v) is 4.00. The van der Waals surface area contributed by atoms with E-state index in [1.54, 1.807) is 10.9 Å². The van der Waals surface area contributed by atoms with Crippen molar-refractivity contribution in [2.75, 3.05) is 18.7 Å². The highest BCUT2D eigenvalue weighted by atomic mass is 16.7. The minimum absolute atomic E-state index is 0.0111. The summed E-state index contributed by atoms with van der Waals surface area (Å²) in [5.74, 6) is 2.22. The number of hydrogen-bond donors (Lipinski definition) is 2. The SMILES string of the molecule is CC(Nc1ncnc2c1cnn2CCO)c1ccc2c(c1)OCO2. The smallest absolute Gasteiger partial charge is 0.231 e. The summed E-state index contributed by atoms with van der Waals surface area (Å²) in [7, 11) is 0. The summed E-state index contributed by atoms with van der Waals surface area (Å²) in [5, 5.41) is 17.5. The van der Waals surface area contributed by atoms with Gasteiger partial charge in [0.1, 0.15) is 12.1 Å². The molecule has 8 heteroatoms. The number of nitrogens with zero attached hydrogens (tertiary/aromatic N) is 4. The van der Waals surface area contributed by atoms with Crippen LogP contribution in [-0.2, 0) is 6.54 Å². The predicted molar refractivity (Wildman–Crippen MR) is 87.0 cm³/mol. The van der Waals surface area contributed by atoms with E-state index in [-0.39, 0.29) is 19.4 Å². The third kappa shape index (κ3) is 2.50. The molecule has 0 aliphatic carbocycles. The zero-order valence-electron chi connectivity index (χ0n) is 13.1. The van der Waals surface area contributed by atoms with Crippen molar-refractivity contribution in [2.24, 2.45) is 0 Å². The van der Waals surface area contributed by atoms with Gasteiger partial charge in [-0.1, -0.05) is 6.07 Å². The minimum Gasteiger partial charge on any atom is -0.454 e. The van der Waals surface area contributed by atoms with Gasteiger partial charge in [-0.3, -0.25) is 0 Å². The second kappa shape index (κ2) is 5.97. The average molecular weight is 327 g/mol. The van der Waals surface area contributed by atoms with Gasteiger partial charge in [-0.05, 0) is 24.6 Å². The lowest BCUT2D eigenvalue weighted by Gasteiger charge is -2.15. The van der Waals surface area contributed by atoms with Crippen LogP contribution in [0.4, 0.5) is 5.82 Å². The normalized spacial score (nSPS) is 14.1. The first-order valence-corrected chi connectivity index (χ1v) is 7.69. The van der Waals surface area contributed by atoms with E-state index in [9.17, 15) is 0 Å². The molecule has 2 aromatic heterocycles. The number of rotatable bonds is 5. The molecule has 3 aromatic rings. The monoisotopic (exact) mass is 327 g/mol. The van der Waals surface area contributed by atoms with E-state index >= 15 is 0 Å². The number of aromatic nitrogens is 4. The molecule has 0 fully saturated rings. The van der Waals surface area contributed by atoms with E-state index in [4.69, 9.17) is 14.6 Å². The van der Waals surface area contributed by atoms with Gasteiger partial charge in [-0.15, -0.1) is 0 Å². The maximum absolute atomic E-state index is 9.10. The molecule has 0 radical (unpaired) electrons. The second-order valence-corrected chi connectivity index (χ2v) is 5.53. The van der Waals surface area contributed by atoms with Gasteiger partial charge in [0, 0.05) is 0 Å². The topological polar surface area (TPSA) is 94.3 Å². The van der Waals surface area contributed by atoms with Gasteiger partial charge < -0.3 is 19.9 Å². The van der Waals surface area contributed by atoms with Crippen LogP contribution in [0.2, 0.25) is 0 Å². The molecule has 0 spiro atoms. The van der Waals surface area contributed by atoms with Gasteiger partial charge in [0.25, 0.3) is 0 Å². The highest BCUT2D eigenvalue weighted by molar-refractivity contribution is 5.86. The molecule has 1 atom stereocenters. The number of nitrogens with one attached hydrogen (secondary N) is 1. The zero-order chi connectivity index (χ0) is 16.5. The van der Waals surface area contributed by atoms with Gasteiger partial charge in [-0.2, -0.15) is 5.10 Å². The fraction of sp³-hybridized carbons (Fsp3) is 0.312. The van der Waals surface area contributed by atoms with Gasteiger partial charge in [0.05, 0.1) is 30.8 Å². The van der Waals surface area contributed by atoms with Crippen molar-refractivity contribution in [1.29, 1.82) is 0 Å². The lowest BCUT2D eigenvalue weighted by atomic mass is 10.1. The summed E-state index contributed by atoms with van der Waals surface area (Å²) in [6, 6.07) is 5.88. The fourth-order valence-corrected chi connectivity index (χ4v) is 2.74. The molecule has 0 saturated heterocycles. The lowest BCUT2D eigenvalue weighted by Crippen LogP contribution is -2.09. The highest BCUT2D eigenvalue weighted by Crippen LogP contribution is 2.35.